The highest BCUT2D eigenvalue weighted by atomic mass is 79.9. The number of hydrazone groups is 1. The lowest BCUT2D eigenvalue weighted by atomic mass is 10.1. The lowest BCUT2D eigenvalue weighted by Gasteiger charge is -2.31. The van der Waals surface area contributed by atoms with Gasteiger partial charge in [0.05, 0.1) is 12.8 Å². The Morgan fingerprint density at radius 1 is 1.15 bits per heavy atom. The molecule has 0 bridgehead atoms. The molecule has 168 valence electrons. The SMILES string of the molecule is CN1C(=O)C2C(=NC(N/N=C\C(Br)=C/c3ccccc3)=[N+]2Cc2ccccc2Cl)N(C)C1=O. The fourth-order valence-corrected chi connectivity index (χ4v) is 4.12. The van der Waals surface area contributed by atoms with E-state index < -0.39 is 12.1 Å². The minimum atomic E-state index is -0.769. The van der Waals surface area contributed by atoms with Gasteiger partial charge < -0.3 is 0 Å². The largest absolute Gasteiger partial charge is 0.414 e. The van der Waals surface area contributed by atoms with Crippen molar-refractivity contribution >= 4 is 63.6 Å². The van der Waals surface area contributed by atoms with E-state index in [-0.39, 0.29) is 5.91 Å². The molecule has 3 amide bonds. The van der Waals surface area contributed by atoms with E-state index >= 15 is 0 Å². The number of hydrogen-bond donors (Lipinski definition) is 1. The summed E-state index contributed by atoms with van der Waals surface area (Å²) in [6.45, 7) is 0.303. The number of likely N-dealkylation sites (N-methyl/N-ethyl adjacent to an activating group) is 2. The van der Waals surface area contributed by atoms with Crippen molar-refractivity contribution in [1.29, 1.82) is 0 Å². The summed E-state index contributed by atoms with van der Waals surface area (Å²) < 4.78 is 2.50. The van der Waals surface area contributed by atoms with Crippen molar-refractivity contribution in [3.05, 3.63) is 75.2 Å². The molecule has 2 aliphatic heterocycles. The molecule has 0 aromatic heterocycles. The summed E-state index contributed by atoms with van der Waals surface area (Å²) in [6, 6.07) is 16.0. The molecule has 1 saturated heterocycles. The summed E-state index contributed by atoms with van der Waals surface area (Å²) >= 11 is 9.85. The first kappa shape index (κ1) is 22.9. The third kappa shape index (κ3) is 4.74. The van der Waals surface area contributed by atoms with Gasteiger partial charge >= 0.3 is 12.0 Å². The minimum Gasteiger partial charge on any atom is -0.270 e. The van der Waals surface area contributed by atoms with Crippen LogP contribution in [0.25, 0.3) is 6.08 Å². The zero-order chi connectivity index (χ0) is 23.5. The van der Waals surface area contributed by atoms with Crippen LogP contribution in [0.1, 0.15) is 11.1 Å². The van der Waals surface area contributed by atoms with Crippen molar-refractivity contribution in [3.8, 4) is 0 Å². The number of aliphatic imine (C=N–C) groups is 1. The van der Waals surface area contributed by atoms with Gasteiger partial charge in [0.1, 0.15) is 0 Å². The van der Waals surface area contributed by atoms with Gasteiger partial charge in [0.15, 0.2) is 0 Å². The van der Waals surface area contributed by atoms with Crippen LogP contribution in [-0.2, 0) is 11.3 Å². The number of nitrogens with one attached hydrogen (secondary N) is 1. The van der Waals surface area contributed by atoms with Crippen molar-refractivity contribution in [2.75, 3.05) is 14.1 Å². The molecular formula is C23H21BrClN6O2+. The predicted octanol–water partition coefficient (Wildman–Crippen LogP) is 3.52. The van der Waals surface area contributed by atoms with Crippen LogP contribution in [0.5, 0.6) is 0 Å². The molecule has 2 aromatic rings. The number of amides is 3. The minimum absolute atomic E-state index is 0.303. The van der Waals surface area contributed by atoms with E-state index in [9.17, 15) is 9.59 Å². The number of imide groups is 1. The average Bonchev–Trinajstić information content (AvgIpc) is 3.16. The van der Waals surface area contributed by atoms with Gasteiger partial charge in [0.25, 0.3) is 5.91 Å². The first-order valence-corrected chi connectivity index (χ1v) is 11.3. The second kappa shape index (κ2) is 9.68. The first-order chi connectivity index (χ1) is 15.9. The highest BCUT2D eigenvalue weighted by Crippen LogP contribution is 2.23. The molecule has 4 rings (SSSR count). The highest BCUT2D eigenvalue weighted by molar-refractivity contribution is 9.12. The number of amidine groups is 1. The van der Waals surface area contributed by atoms with Gasteiger partial charge in [-0.2, -0.15) is 5.43 Å². The number of guanidine groups is 1. The fourth-order valence-electron chi connectivity index (χ4n) is 3.56. The van der Waals surface area contributed by atoms with Crippen LogP contribution >= 0.6 is 27.5 Å². The van der Waals surface area contributed by atoms with E-state index in [1.165, 1.54) is 11.9 Å². The van der Waals surface area contributed by atoms with Crippen LogP contribution in [0.4, 0.5) is 4.79 Å². The number of carbonyl (C=O) groups is 2. The van der Waals surface area contributed by atoms with Gasteiger partial charge in [-0.05, 0) is 33.6 Å². The molecule has 10 heteroatoms. The van der Waals surface area contributed by atoms with Gasteiger partial charge in [-0.3, -0.25) is 14.6 Å². The quantitative estimate of drug-likeness (QED) is 0.366. The number of fused-ring (bicyclic) bond motifs is 1. The van der Waals surface area contributed by atoms with E-state index in [1.54, 1.807) is 23.9 Å². The third-order valence-electron chi connectivity index (χ3n) is 5.29. The Kier molecular flexibility index (Phi) is 6.71. The molecule has 1 atom stereocenters. The smallest absolute Gasteiger partial charge is 0.270 e. The molecule has 33 heavy (non-hydrogen) atoms. The molecule has 2 aliphatic rings. The van der Waals surface area contributed by atoms with E-state index in [4.69, 9.17) is 11.6 Å². The van der Waals surface area contributed by atoms with Crippen molar-refractivity contribution in [2.24, 2.45) is 10.1 Å². The number of benzene rings is 2. The van der Waals surface area contributed by atoms with Gasteiger partial charge in [0.2, 0.25) is 11.9 Å². The summed E-state index contributed by atoms with van der Waals surface area (Å²) in [7, 11) is 3.05. The Morgan fingerprint density at radius 2 is 1.85 bits per heavy atom. The zero-order valence-electron chi connectivity index (χ0n) is 17.9. The van der Waals surface area contributed by atoms with Crippen LogP contribution in [0, 0.1) is 0 Å². The molecule has 2 heterocycles. The van der Waals surface area contributed by atoms with Gasteiger partial charge in [-0.1, -0.05) is 65.1 Å². The van der Waals surface area contributed by atoms with Gasteiger partial charge in [0, 0.05) is 29.2 Å². The lowest BCUT2D eigenvalue weighted by Crippen LogP contribution is -2.61. The fraction of sp³-hybridized carbons (Fsp3) is 0.174. The Hall–Kier alpha value is -3.30. The zero-order valence-corrected chi connectivity index (χ0v) is 20.3. The first-order valence-electron chi connectivity index (χ1n) is 10.1. The van der Waals surface area contributed by atoms with Crippen molar-refractivity contribution in [1.82, 2.24) is 15.2 Å². The number of allylic oxidation sites excluding steroid dienone is 1. The van der Waals surface area contributed by atoms with Crippen LogP contribution in [-0.4, -0.2) is 64.5 Å². The molecule has 2 aromatic carbocycles. The molecule has 0 radical (unpaired) electrons. The van der Waals surface area contributed by atoms with E-state index in [0.29, 0.717) is 23.4 Å². The van der Waals surface area contributed by atoms with E-state index in [1.807, 2.05) is 54.6 Å². The third-order valence-corrected chi connectivity index (χ3v) is 6.09. The van der Waals surface area contributed by atoms with Crippen LogP contribution in [0.3, 0.4) is 0 Å². The summed E-state index contributed by atoms with van der Waals surface area (Å²) in [6.07, 6.45) is 3.52. The maximum atomic E-state index is 13.0. The Labute approximate surface area is 204 Å². The van der Waals surface area contributed by atoms with E-state index in [2.05, 4.69) is 31.4 Å². The molecule has 0 aliphatic carbocycles. The number of carbonyl (C=O) groups excluding carboxylic acids is 2. The van der Waals surface area contributed by atoms with Crippen LogP contribution in [0.2, 0.25) is 5.02 Å². The summed E-state index contributed by atoms with van der Waals surface area (Å²) in [5, 5.41) is 4.85. The number of urea groups is 1. The molecule has 1 fully saturated rings. The van der Waals surface area contributed by atoms with Crippen molar-refractivity contribution in [3.63, 3.8) is 0 Å². The second-order valence-corrected chi connectivity index (χ2v) is 8.79. The molecule has 1 unspecified atom stereocenters. The average molecular weight is 529 g/mol. The van der Waals surface area contributed by atoms with Crippen molar-refractivity contribution < 1.29 is 14.2 Å². The molecule has 1 N–H and O–H groups in total. The van der Waals surface area contributed by atoms with Gasteiger partial charge in [-0.15, -0.1) is 5.10 Å². The molecule has 0 spiro atoms. The topological polar surface area (TPSA) is 80.4 Å². The number of nitrogens with zero attached hydrogens (tertiary/aromatic N) is 5. The predicted molar refractivity (Wildman–Crippen MR) is 133 cm³/mol. The summed E-state index contributed by atoms with van der Waals surface area (Å²) in [5.41, 5.74) is 4.75. The van der Waals surface area contributed by atoms with Crippen LogP contribution < -0.4 is 5.43 Å². The number of rotatable bonds is 5. The Morgan fingerprint density at radius 3 is 2.58 bits per heavy atom. The number of halogens is 2. The summed E-state index contributed by atoms with van der Waals surface area (Å²) in [4.78, 5) is 32.4. The standard InChI is InChI=1S/C23H20BrClN6O2/c1-29-20-19(21(32)30(2)23(29)33)31(14-16-10-6-7-11-18(16)25)22(27-20)28-26-13-17(24)12-15-8-4-3-5-9-15/h3-13,19H,14H2,1-2H3/p+1/b17-12+,26-13-. The maximum absolute atomic E-state index is 13.0. The maximum Gasteiger partial charge on any atom is 0.414 e. The van der Waals surface area contributed by atoms with Crippen molar-refractivity contribution in [2.45, 2.75) is 12.6 Å². The Balaban J connectivity index is 1.65. The normalized spacial score (nSPS) is 18.8. The molecule has 0 saturated carbocycles. The molecular weight excluding hydrogens is 508 g/mol. The monoisotopic (exact) mass is 527 g/mol. The lowest BCUT2D eigenvalue weighted by molar-refractivity contribution is -0.553. The highest BCUT2D eigenvalue weighted by Gasteiger charge is 2.51. The number of hydrogen-bond acceptors (Lipinski definition) is 5. The Bertz CT molecular complexity index is 1220. The summed E-state index contributed by atoms with van der Waals surface area (Å²) in [5.74, 6) is 0.316. The molecule has 8 nitrogen and oxygen atoms in total. The van der Waals surface area contributed by atoms with Crippen LogP contribution in [0.15, 0.2) is 69.2 Å². The van der Waals surface area contributed by atoms with Gasteiger partial charge in [-0.25, -0.2) is 9.37 Å². The van der Waals surface area contributed by atoms with E-state index in [0.717, 1.165) is 20.5 Å². The second-order valence-electron chi connectivity index (χ2n) is 7.46.